The molecule has 2 fully saturated rings. The zero-order valence-electron chi connectivity index (χ0n) is 10.8. The number of hydrogen-bond acceptors (Lipinski definition) is 3. The van der Waals surface area contributed by atoms with E-state index in [9.17, 15) is 5.11 Å². The summed E-state index contributed by atoms with van der Waals surface area (Å²) in [6, 6.07) is 0.468. The number of nitrogens with zero attached hydrogens (tertiary/aromatic N) is 1. The van der Waals surface area contributed by atoms with Crippen LogP contribution in [-0.2, 0) is 4.74 Å². The standard InChI is InChI=1S/C14H25NO2/c1-17-13-8-6-12(7-9-13)15-10-11-4-2-3-5-14(11)16/h10-14,16H,2-9H2,1H3. The average molecular weight is 239 g/mol. The van der Waals surface area contributed by atoms with Gasteiger partial charge in [0.25, 0.3) is 0 Å². The molecular formula is C14H25NO2. The van der Waals surface area contributed by atoms with E-state index in [4.69, 9.17) is 4.74 Å². The predicted octanol–water partition coefficient (Wildman–Crippen LogP) is 2.57. The van der Waals surface area contributed by atoms with E-state index < -0.39 is 0 Å². The fourth-order valence-corrected chi connectivity index (χ4v) is 2.98. The van der Waals surface area contributed by atoms with Crippen LogP contribution in [0.25, 0.3) is 0 Å². The van der Waals surface area contributed by atoms with Gasteiger partial charge in [-0.1, -0.05) is 12.8 Å². The second-order valence-electron chi connectivity index (χ2n) is 5.48. The van der Waals surface area contributed by atoms with Gasteiger partial charge in [-0.25, -0.2) is 0 Å². The Labute approximate surface area is 104 Å². The van der Waals surface area contributed by atoms with Crippen molar-refractivity contribution in [2.45, 2.75) is 69.6 Å². The third-order valence-electron chi connectivity index (χ3n) is 4.25. The lowest BCUT2D eigenvalue weighted by atomic mass is 9.87. The molecule has 0 amide bonds. The molecule has 0 aromatic carbocycles. The fraction of sp³-hybridized carbons (Fsp3) is 0.929. The lowest BCUT2D eigenvalue weighted by Gasteiger charge is -2.27. The molecule has 17 heavy (non-hydrogen) atoms. The third-order valence-corrected chi connectivity index (χ3v) is 4.25. The van der Waals surface area contributed by atoms with E-state index in [1.165, 1.54) is 12.8 Å². The van der Waals surface area contributed by atoms with Crippen molar-refractivity contribution in [2.75, 3.05) is 7.11 Å². The summed E-state index contributed by atoms with van der Waals surface area (Å²) in [5.41, 5.74) is 0. The van der Waals surface area contributed by atoms with Crippen molar-refractivity contribution >= 4 is 6.21 Å². The summed E-state index contributed by atoms with van der Waals surface area (Å²) in [5.74, 6) is 0.309. The number of aliphatic imine (C=N–C) groups is 1. The van der Waals surface area contributed by atoms with Crippen LogP contribution in [0.2, 0.25) is 0 Å². The minimum atomic E-state index is -0.150. The molecule has 0 aromatic heterocycles. The molecule has 2 aliphatic carbocycles. The Morgan fingerprint density at radius 3 is 2.41 bits per heavy atom. The Hall–Kier alpha value is -0.410. The summed E-state index contributed by atoms with van der Waals surface area (Å²) in [6.07, 6.45) is 11.3. The topological polar surface area (TPSA) is 41.8 Å². The van der Waals surface area contributed by atoms with Crippen LogP contribution in [-0.4, -0.2) is 36.7 Å². The first-order valence-electron chi connectivity index (χ1n) is 7.03. The second kappa shape index (κ2) is 6.50. The smallest absolute Gasteiger partial charge is 0.0617 e. The molecule has 2 rings (SSSR count). The number of aliphatic hydroxyl groups excluding tert-OH is 1. The van der Waals surface area contributed by atoms with Gasteiger partial charge < -0.3 is 9.84 Å². The minimum Gasteiger partial charge on any atom is -0.392 e. The van der Waals surface area contributed by atoms with Crippen molar-refractivity contribution in [1.82, 2.24) is 0 Å². The fourth-order valence-electron chi connectivity index (χ4n) is 2.98. The first kappa shape index (κ1) is 13.0. The van der Waals surface area contributed by atoms with Crippen molar-refractivity contribution in [2.24, 2.45) is 10.9 Å². The third kappa shape index (κ3) is 3.78. The largest absolute Gasteiger partial charge is 0.392 e. The molecule has 3 nitrogen and oxygen atoms in total. The molecule has 0 spiro atoms. The summed E-state index contributed by atoms with van der Waals surface area (Å²) in [4.78, 5) is 4.69. The lowest BCUT2D eigenvalue weighted by Crippen LogP contribution is -2.27. The zero-order valence-corrected chi connectivity index (χ0v) is 10.8. The Morgan fingerprint density at radius 1 is 1.06 bits per heavy atom. The molecule has 0 aliphatic heterocycles. The van der Waals surface area contributed by atoms with E-state index in [0.29, 0.717) is 18.1 Å². The van der Waals surface area contributed by atoms with Crippen LogP contribution in [0.15, 0.2) is 4.99 Å². The van der Waals surface area contributed by atoms with E-state index >= 15 is 0 Å². The van der Waals surface area contributed by atoms with Crippen LogP contribution in [0, 0.1) is 5.92 Å². The molecular weight excluding hydrogens is 214 g/mol. The Kier molecular flexibility index (Phi) is 4.99. The highest BCUT2D eigenvalue weighted by atomic mass is 16.5. The lowest BCUT2D eigenvalue weighted by molar-refractivity contribution is 0.0664. The van der Waals surface area contributed by atoms with Crippen LogP contribution >= 0.6 is 0 Å². The molecule has 98 valence electrons. The molecule has 0 bridgehead atoms. The van der Waals surface area contributed by atoms with Gasteiger partial charge in [-0.3, -0.25) is 4.99 Å². The van der Waals surface area contributed by atoms with Crippen molar-refractivity contribution < 1.29 is 9.84 Å². The SMILES string of the molecule is COC1CCC(N=CC2CCCCC2O)CC1. The van der Waals surface area contributed by atoms with Crippen LogP contribution in [0.5, 0.6) is 0 Å². The van der Waals surface area contributed by atoms with Crippen molar-refractivity contribution in [3.63, 3.8) is 0 Å². The molecule has 0 heterocycles. The molecule has 0 radical (unpaired) electrons. The Bertz CT molecular complexity index is 247. The van der Waals surface area contributed by atoms with E-state index in [1.54, 1.807) is 7.11 Å². The molecule has 2 unspecified atom stereocenters. The molecule has 1 N–H and O–H groups in total. The van der Waals surface area contributed by atoms with Gasteiger partial charge >= 0.3 is 0 Å². The summed E-state index contributed by atoms with van der Waals surface area (Å²) in [5, 5.41) is 9.87. The van der Waals surface area contributed by atoms with Crippen LogP contribution in [0.1, 0.15) is 51.4 Å². The quantitative estimate of drug-likeness (QED) is 0.769. The number of ether oxygens (including phenoxy) is 1. The summed E-state index contributed by atoms with van der Waals surface area (Å²) in [6.45, 7) is 0. The molecule has 0 saturated heterocycles. The van der Waals surface area contributed by atoms with E-state index in [-0.39, 0.29) is 6.10 Å². The van der Waals surface area contributed by atoms with Gasteiger partial charge in [0, 0.05) is 25.3 Å². The van der Waals surface area contributed by atoms with Crippen LogP contribution in [0.4, 0.5) is 0 Å². The molecule has 0 aromatic rings. The number of hydrogen-bond donors (Lipinski definition) is 1. The highest BCUT2D eigenvalue weighted by Gasteiger charge is 2.23. The van der Waals surface area contributed by atoms with Gasteiger partial charge in [-0.15, -0.1) is 0 Å². The highest BCUT2D eigenvalue weighted by molar-refractivity contribution is 5.62. The van der Waals surface area contributed by atoms with Crippen LogP contribution in [0.3, 0.4) is 0 Å². The maximum atomic E-state index is 9.87. The normalized spacial score (nSPS) is 39.6. The number of rotatable bonds is 3. The highest BCUT2D eigenvalue weighted by Crippen LogP contribution is 2.25. The zero-order chi connectivity index (χ0) is 12.1. The van der Waals surface area contributed by atoms with Gasteiger partial charge in [0.05, 0.1) is 12.2 Å². The van der Waals surface area contributed by atoms with Gasteiger partial charge in [-0.2, -0.15) is 0 Å². The molecule has 2 atom stereocenters. The van der Waals surface area contributed by atoms with Gasteiger partial charge in [0.1, 0.15) is 0 Å². The summed E-state index contributed by atoms with van der Waals surface area (Å²) in [7, 11) is 1.80. The Morgan fingerprint density at radius 2 is 1.76 bits per heavy atom. The predicted molar refractivity (Wildman–Crippen MR) is 69.5 cm³/mol. The van der Waals surface area contributed by atoms with Gasteiger partial charge in [0.2, 0.25) is 0 Å². The molecule has 2 aliphatic rings. The van der Waals surface area contributed by atoms with E-state index in [0.717, 1.165) is 38.5 Å². The number of aliphatic hydroxyl groups is 1. The van der Waals surface area contributed by atoms with E-state index in [2.05, 4.69) is 4.99 Å². The van der Waals surface area contributed by atoms with E-state index in [1.807, 2.05) is 6.21 Å². The van der Waals surface area contributed by atoms with Crippen molar-refractivity contribution in [3.8, 4) is 0 Å². The molecule has 2 saturated carbocycles. The molecule has 3 heteroatoms. The maximum absolute atomic E-state index is 9.87. The van der Waals surface area contributed by atoms with Gasteiger partial charge in [-0.05, 0) is 38.5 Å². The van der Waals surface area contributed by atoms with Gasteiger partial charge in [0.15, 0.2) is 0 Å². The first-order valence-corrected chi connectivity index (χ1v) is 7.03. The van der Waals surface area contributed by atoms with Crippen molar-refractivity contribution in [1.29, 1.82) is 0 Å². The maximum Gasteiger partial charge on any atom is 0.0617 e. The van der Waals surface area contributed by atoms with Crippen molar-refractivity contribution in [3.05, 3.63) is 0 Å². The monoisotopic (exact) mass is 239 g/mol. The summed E-state index contributed by atoms with van der Waals surface area (Å²) >= 11 is 0. The Balaban J connectivity index is 1.76. The average Bonchev–Trinajstić information content (AvgIpc) is 2.38. The van der Waals surface area contributed by atoms with Crippen LogP contribution < -0.4 is 0 Å². The minimum absolute atomic E-state index is 0.150. The first-order chi connectivity index (χ1) is 8.29. The summed E-state index contributed by atoms with van der Waals surface area (Å²) < 4.78 is 5.36. The second-order valence-corrected chi connectivity index (χ2v) is 5.48. The number of methoxy groups -OCH3 is 1.